The van der Waals surface area contributed by atoms with Gasteiger partial charge in [0, 0.05) is 6.42 Å². The van der Waals surface area contributed by atoms with Gasteiger partial charge in [-0.15, -0.1) is 0 Å². The van der Waals surface area contributed by atoms with E-state index in [0.29, 0.717) is 19.2 Å². The fraction of sp³-hybridized carbons (Fsp3) is 0.611. The molecule has 2 rings (SSSR count). The lowest BCUT2D eigenvalue weighted by Crippen LogP contribution is -2.41. The number of rotatable bonds is 7. The van der Waals surface area contributed by atoms with Crippen molar-refractivity contribution in [3.8, 4) is 5.75 Å². The van der Waals surface area contributed by atoms with Crippen molar-refractivity contribution >= 4 is 13.1 Å². The summed E-state index contributed by atoms with van der Waals surface area (Å²) in [5, 5.41) is 0. The second-order valence-corrected chi connectivity index (χ2v) is 7.09. The highest BCUT2D eigenvalue weighted by Crippen LogP contribution is 2.38. The van der Waals surface area contributed by atoms with Gasteiger partial charge < -0.3 is 18.8 Å². The van der Waals surface area contributed by atoms with Crippen LogP contribution < -0.4 is 4.74 Å². The molecule has 0 radical (unpaired) electrons. The van der Waals surface area contributed by atoms with Gasteiger partial charge in [0.05, 0.1) is 18.3 Å². The van der Waals surface area contributed by atoms with Gasteiger partial charge in [-0.1, -0.05) is 12.1 Å². The Kier molecular flexibility index (Phi) is 5.94. The molecule has 6 heteroatoms. The Bertz CT molecular complexity index is 537. The summed E-state index contributed by atoms with van der Waals surface area (Å²) >= 11 is 0. The van der Waals surface area contributed by atoms with Crippen molar-refractivity contribution in [1.29, 1.82) is 0 Å². The van der Waals surface area contributed by atoms with Crippen LogP contribution in [0.15, 0.2) is 24.3 Å². The Balaban J connectivity index is 1.67. The number of benzene rings is 1. The summed E-state index contributed by atoms with van der Waals surface area (Å²) in [4.78, 5) is 11.8. The number of carbonyl (C=O) groups excluding carboxylic acids is 1. The van der Waals surface area contributed by atoms with E-state index in [2.05, 4.69) is 0 Å². The minimum Gasteiger partial charge on any atom is -0.497 e. The van der Waals surface area contributed by atoms with Crippen LogP contribution in [0.25, 0.3) is 0 Å². The Labute approximate surface area is 144 Å². The third kappa shape index (κ3) is 4.74. The lowest BCUT2D eigenvalue weighted by Gasteiger charge is -2.32. The highest BCUT2D eigenvalue weighted by molar-refractivity contribution is 6.45. The van der Waals surface area contributed by atoms with Gasteiger partial charge in [0.15, 0.2) is 0 Å². The zero-order chi connectivity index (χ0) is 17.8. The zero-order valence-corrected chi connectivity index (χ0v) is 15.3. The van der Waals surface area contributed by atoms with Crippen LogP contribution in [-0.4, -0.2) is 31.4 Å². The van der Waals surface area contributed by atoms with Crippen molar-refractivity contribution in [2.24, 2.45) is 0 Å². The topological polar surface area (TPSA) is 54.0 Å². The molecule has 0 N–H and O–H groups in total. The third-order valence-electron chi connectivity index (χ3n) is 4.68. The predicted octanol–water partition coefficient (Wildman–Crippen LogP) is 3.61. The number of hydrogen-bond acceptors (Lipinski definition) is 5. The van der Waals surface area contributed by atoms with E-state index in [0.717, 1.165) is 11.3 Å². The highest BCUT2D eigenvalue weighted by atomic mass is 16.7. The standard InChI is InChI=1S/C18H27BO5/c1-17(2)18(3,4)24-19(23-17)12-6-7-16(20)22-13-14-8-10-15(21-5)11-9-14/h8-11H,6-7,12-13H2,1-5H3. The maximum Gasteiger partial charge on any atom is 0.457 e. The van der Waals surface area contributed by atoms with Crippen LogP contribution in [0.1, 0.15) is 46.1 Å². The fourth-order valence-corrected chi connectivity index (χ4v) is 2.45. The van der Waals surface area contributed by atoms with Crippen LogP contribution in [0.4, 0.5) is 0 Å². The first-order valence-corrected chi connectivity index (χ1v) is 8.38. The van der Waals surface area contributed by atoms with E-state index in [9.17, 15) is 4.79 Å². The molecule has 0 unspecified atom stereocenters. The van der Waals surface area contributed by atoms with Crippen LogP contribution in [-0.2, 0) is 25.4 Å². The molecule has 0 bridgehead atoms. The molecule has 0 aliphatic carbocycles. The SMILES string of the molecule is COc1ccc(COC(=O)CCCB2OC(C)(C)C(C)(C)O2)cc1. The van der Waals surface area contributed by atoms with Gasteiger partial charge in [0.2, 0.25) is 0 Å². The second-order valence-electron chi connectivity index (χ2n) is 7.09. The average Bonchev–Trinajstić information content (AvgIpc) is 2.73. The fourth-order valence-electron chi connectivity index (χ4n) is 2.45. The quantitative estimate of drug-likeness (QED) is 0.563. The molecule has 1 aliphatic rings. The van der Waals surface area contributed by atoms with Crippen LogP contribution in [0.3, 0.4) is 0 Å². The van der Waals surface area contributed by atoms with Gasteiger partial charge in [-0.25, -0.2) is 0 Å². The molecule has 1 heterocycles. The minimum absolute atomic E-state index is 0.206. The number of hydrogen-bond donors (Lipinski definition) is 0. The number of methoxy groups -OCH3 is 1. The molecule has 1 saturated heterocycles. The molecule has 0 atom stereocenters. The van der Waals surface area contributed by atoms with Gasteiger partial charge in [-0.3, -0.25) is 4.79 Å². The van der Waals surface area contributed by atoms with Crippen molar-refractivity contribution in [2.45, 2.75) is 64.7 Å². The van der Waals surface area contributed by atoms with Gasteiger partial charge in [0.25, 0.3) is 0 Å². The Hall–Kier alpha value is -1.53. The van der Waals surface area contributed by atoms with Gasteiger partial charge in [-0.05, 0) is 58.1 Å². The molecule has 5 nitrogen and oxygen atoms in total. The normalized spacial score (nSPS) is 18.5. The maximum absolute atomic E-state index is 11.8. The summed E-state index contributed by atoms with van der Waals surface area (Å²) in [5.41, 5.74) is 0.286. The zero-order valence-electron chi connectivity index (χ0n) is 15.3. The molecule has 132 valence electrons. The molecular formula is C18H27BO5. The smallest absolute Gasteiger partial charge is 0.457 e. The number of ether oxygens (including phenoxy) is 2. The first kappa shape index (κ1) is 18.8. The maximum atomic E-state index is 11.8. The van der Waals surface area contributed by atoms with Gasteiger partial charge in [0.1, 0.15) is 12.4 Å². The van der Waals surface area contributed by atoms with E-state index < -0.39 is 0 Å². The lowest BCUT2D eigenvalue weighted by molar-refractivity contribution is -0.145. The second kappa shape index (κ2) is 7.57. The molecule has 0 amide bonds. The molecule has 0 spiro atoms. The largest absolute Gasteiger partial charge is 0.497 e. The van der Waals surface area contributed by atoms with Crippen molar-refractivity contribution in [2.75, 3.05) is 7.11 Å². The summed E-state index contributed by atoms with van der Waals surface area (Å²) in [7, 11) is 1.36. The van der Waals surface area contributed by atoms with Crippen molar-refractivity contribution in [3.63, 3.8) is 0 Å². The highest BCUT2D eigenvalue weighted by Gasteiger charge is 2.50. The van der Waals surface area contributed by atoms with Crippen LogP contribution in [0.5, 0.6) is 5.75 Å². The van der Waals surface area contributed by atoms with E-state index in [-0.39, 0.29) is 30.9 Å². The molecule has 0 aromatic heterocycles. The summed E-state index contributed by atoms with van der Waals surface area (Å²) in [6.07, 6.45) is 1.73. The Morgan fingerprint density at radius 3 is 2.21 bits per heavy atom. The van der Waals surface area contributed by atoms with Crippen LogP contribution in [0, 0.1) is 0 Å². The molecule has 1 fully saturated rings. The summed E-state index contributed by atoms with van der Waals surface area (Å²) in [6, 6.07) is 7.47. The van der Waals surface area contributed by atoms with Crippen LogP contribution >= 0.6 is 0 Å². The Morgan fingerprint density at radius 2 is 1.67 bits per heavy atom. The van der Waals surface area contributed by atoms with Gasteiger partial charge >= 0.3 is 13.1 Å². The van der Waals surface area contributed by atoms with Crippen molar-refractivity contribution in [1.82, 2.24) is 0 Å². The first-order chi connectivity index (χ1) is 11.2. The molecule has 1 aromatic rings. The summed E-state index contributed by atoms with van der Waals surface area (Å²) in [5.74, 6) is 0.579. The van der Waals surface area contributed by atoms with E-state index in [4.69, 9.17) is 18.8 Å². The number of carbonyl (C=O) groups is 1. The molecule has 1 aromatic carbocycles. The molecule has 1 aliphatic heterocycles. The third-order valence-corrected chi connectivity index (χ3v) is 4.68. The monoisotopic (exact) mass is 334 g/mol. The summed E-state index contributed by atoms with van der Waals surface area (Å²) < 4.78 is 22.2. The average molecular weight is 334 g/mol. The molecule has 24 heavy (non-hydrogen) atoms. The summed E-state index contributed by atoms with van der Waals surface area (Å²) in [6.45, 7) is 8.37. The van der Waals surface area contributed by atoms with E-state index in [1.165, 1.54) is 0 Å². The molecular weight excluding hydrogens is 307 g/mol. The first-order valence-electron chi connectivity index (χ1n) is 8.38. The minimum atomic E-state index is -0.327. The Morgan fingerprint density at radius 1 is 1.08 bits per heavy atom. The van der Waals surface area contributed by atoms with Crippen LogP contribution in [0.2, 0.25) is 6.32 Å². The van der Waals surface area contributed by atoms with E-state index in [1.54, 1.807) is 7.11 Å². The lowest BCUT2D eigenvalue weighted by atomic mass is 9.82. The number of esters is 1. The predicted molar refractivity (Wildman–Crippen MR) is 92.9 cm³/mol. The van der Waals surface area contributed by atoms with Gasteiger partial charge in [-0.2, -0.15) is 0 Å². The van der Waals surface area contributed by atoms with Crippen molar-refractivity contribution in [3.05, 3.63) is 29.8 Å². The molecule has 0 saturated carbocycles. The van der Waals surface area contributed by atoms with E-state index in [1.807, 2.05) is 52.0 Å². The van der Waals surface area contributed by atoms with Crippen molar-refractivity contribution < 1.29 is 23.6 Å². The van der Waals surface area contributed by atoms with E-state index >= 15 is 0 Å².